The Kier molecular flexibility index (Phi) is 2.21. The topological polar surface area (TPSA) is 66.5 Å². The molecule has 1 aliphatic carbocycles. The molecule has 76 valence electrons. The normalized spacial score (nSPS) is 25.9. The maximum atomic E-state index is 10.2. The van der Waals surface area contributed by atoms with Crippen molar-refractivity contribution in [1.29, 1.82) is 0 Å². The number of aryl methyl sites for hydroxylation is 1. The molecule has 1 aromatic rings. The fourth-order valence-corrected chi connectivity index (χ4v) is 2.16. The molecule has 0 radical (unpaired) electrons. The Morgan fingerprint density at radius 2 is 2.21 bits per heavy atom. The van der Waals surface area contributed by atoms with E-state index in [2.05, 4.69) is 0 Å². The van der Waals surface area contributed by atoms with E-state index in [1.165, 1.54) is 0 Å². The van der Waals surface area contributed by atoms with Crippen LogP contribution in [0.15, 0.2) is 18.2 Å². The fraction of sp³-hybridized carbons (Fsp3) is 0.455. The predicted molar refractivity (Wildman–Crippen MR) is 54.0 cm³/mol. The molecule has 2 rings (SSSR count). The van der Waals surface area contributed by atoms with Crippen LogP contribution in [0.4, 0.5) is 0 Å². The number of nitrogens with two attached hydrogens (primary N) is 1. The highest BCUT2D eigenvalue weighted by atomic mass is 16.3. The Morgan fingerprint density at radius 3 is 2.93 bits per heavy atom. The zero-order valence-electron chi connectivity index (χ0n) is 8.03. The quantitative estimate of drug-likeness (QED) is 0.620. The molecule has 0 heterocycles. The molecule has 4 N–H and O–H groups in total. The molecule has 1 unspecified atom stereocenters. The number of fused-ring (bicyclic) bond motifs is 1. The highest BCUT2D eigenvalue weighted by Crippen LogP contribution is 2.35. The first kappa shape index (κ1) is 9.49. The van der Waals surface area contributed by atoms with Crippen LogP contribution in [0.1, 0.15) is 24.0 Å². The van der Waals surface area contributed by atoms with Crippen molar-refractivity contribution in [3.05, 3.63) is 29.3 Å². The van der Waals surface area contributed by atoms with Crippen LogP contribution in [0.2, 0.25) is 0 Å². The zero-order valence-corrected chi connectivity index (χ0v) is 8.03. The van der Waals surface area contributed by atoms with Crippen molar-refractivity contribution >= 4 is 0 Å². The minimum atomic E-state index is -0.888. The Bertz CT molecular complexity index is 351. The first-order valence-corrected chi connectivity index (χ1v) is 4.90. The smallest absolute Gasteiger partial charge is 0.115 e. The summed E-state index contributed by atoms with van der Waals surface area (Å²) >= 11 is 0. The van der Waals surface area contributed by atoms with Gasteiger partial charge in [0.25, 0.3) is 0 Å². The van der Waals surface area contributed by atoms with E-state index in [9.17, 15) is 10.2 Å². The van der Waals surface area contributed by atoms with Crippen molar-refractivity contribution < 1.29 is 10.2 Å². The summed E-state index contributed by atoms with van der Waals surface area (Å²) in [6, 6.07) is 5.09. The van der Waals surface area contributed by atoms with Crippen LogP contribution in [0.3, 0.4) is 0 Å². The Labute approximate surface area is 83.2 Å². The third kappa shape index (κ3) is 1.38. The number of phenolic OH excluding ortho intramolecular Hbond substituents is 1. The highest BCUT2D eigenvalue weighted by Gasteiger charge is 2.32. The van der Waals surface area contributed by atoms with Crippen LogP contribution in [-0.4, -0.2) is 16.8 Å². The lowest BCUT2D eigenvalue weighted by Gasteiger charge is -2.33. The summed E-state index contributed by atoms with van der Waals surface area (Å²) in [5, 5.41) is 19.5. The number of hydrogen-bond acceptors (Lipinski definition) is 3. The number of phenols is 1. The van der Waals surface area contributed by atoms with Crippen molar-refractivity contribution in [3.63, 3.8) is 0 Å². The SMILES string of the molecule is NCC1(O)CCCc2cc(O)ccc21. The standard InChI is InChI=1S/C11H15NO2/c12-7-11(14)5-1-2-8-6-9(13)3-4-10(8)11/h3-4,6,13-14H,1-2,5,7,12H2. The second-order valence-corrected chi connectivity index (χ2v) is 3.93. The second kappa shape index (κ2) is 3.26. The summed E-state index contributed by atoms with van der Waals surface area (Å²) in [5.74, 6) is 0.255. The summed E-state index contributed by atoms with van der Waals surface area (Å²) < 4.78 is 0. The molecule has 3 heteroatoms. The molecule has 3 nitrogen and oxygen atoms in total. The molecular formula is C11H15NO2. The number of benzene rings is 1. The first-order chi connectivity index (χ1) is 6.65. The van der Waals surface area contributed by atoms with Gasteiger partial charge in [0.1, 0.15) is 11.4 Å². The van der Waals surface area contributed by atoms with Crippen LogP contribution in [0.5, 0.6) is 5.75 Å². The van der Waals surface area contributed by atoms with Gasteiger partial charge >= 0.3 is 0 Å². The molecule has 1 atom stereocenters. The van der Waals surface area contributed by atoms with Crippen LogP contribution in [0, 0.1) is 0 Å². The Morgan fingerprint density at radius 1 is 1.43 bits per heavy atom. The van der Waals surface area contributed by atoms with Gasteiger partial charge in [-0.15, -0.1) is 0 Å². The predicted octanol–water partition coefficient (Wildman–Crippen LogP) is 0.875. The number of hydrogen-bond donors (Lipinski definition) is 3. The van der Waals surface area contributed by atoms with E-state index in [-0.39, 0.29) is 12.3 Å². The monoisotopic (exact) mass is 193 g/mol. The van der Waals surface area contributed by atoms with E-state index in [1.54, 1.807) is 18.2 Å². The molecule has 0 spiro atoms. The molecular weight excluding hydrogens is 178 g/mol. The number of aromatic hydroxyl groups is 1. The summed E-state index contributed by atoms with van der Waals surface area (Å²) in [5.41, 5.74) is 6.59. The van der Waals surface area contributed by atoms with Gasteiger partial charge in [-0.3, -0.25) is 0 Å². The van der Waals surface area contributed by atoms with Gasteiger partial charge in [-0.05, 0) is 42.5 Å². The third-order valence-corrected chi connectivity index (χ3v) is 2.96. The summed E-state index contributed by atoms with van der Waals surface area (Å²) in [7, 11) is 0. The molecule has 14 heavy (non-hydrogen) atoms. The van der Waals surface area contributed by atoms with Gasteiger partial charge in [-0.25, -0.2) is 0 Å². The van der Waals surface area contributed by atoms with E-state index in [0.717, 1.165) is 24.0 Å². The minimum absolute atomic E-state index is 0.241. The van der Waals surface area contributed by atoms with Crippen molar-refractivity contribution in [2.75, 3.05) is 6.54 Å². The third-order valence-electron chi connectivity index (χ3n) is 2.96. The molecule has 1 aromatic carbocycles. The lowest BCUT2D eigenvalue weighted by molar-refractivity contribution is 0.0279. The van der Waals surface area contributed by atoms with Crippen molar-refractivity contribution in [1.82, 2.24) is 0 Å². The van der Waals surface area contributed by atoms with Gasteiger partial charge in [-0.2, -0.15) is 0 Å². The van der Waals surface area contributed by atoms with Crippen molar-refractivity contribution in [2.24, 2.45) is 5.73 Å². The van der Waals surface area contributed by atoms with E-state index in [0.29, 0.717) is 6.42 Å². The average molecular weight is 193 g/mol. The maximum absolute atomic E-state index is 10.2. The van der Waals surface area contributed by atoms with Crippen LogP contribution < -0.4 is 5.73 Å². The Balaban J connectivity index is 2.50. The van der Waals surface area contributed by atoms with E-state index >= 15 is 0 Å². The largest absolute Gasteiger partial charge is 0.508 e. The molecule has 0 saturated heterocycles. The van der Waals surface area contributed by atoms with Gasteiger partial charge in [0.05, 0.1) is 0 Å². The Hall–Kier alpha value is -1.06. The van der Waals surface area contributed by atoms with Crippen molar-refractivity contribution in [2.45, 2.75) is 24.9 Å². The molecule has 0 amide bonds. The summed E-state index contributed by atoms with van der Waals surface area (Å²) in [6.45, 7) is 0.241. The van der Waals surface area contributed by atoms with Crippen molar-refractivity contribution in [3.8, 4) is 5.75 Å². The second-order valence-electron chi connectivity index (χ2n) is 3.93. The molecule has 1 aliphatic rings. The lowest BCUT2D eigenvalue weighted by Crippen LogP contribution is -2.38. The van der Waals surface area contributed by atoms with Gasteiger partial charge in [0.2, 0.25) is 0 Å². The molecule has 0 bridgehead atoms. The highest BCUT2D eigenvalue weighted by molar-refractivity contribution is 5.40. The number of rotatable bonds is 1. The van der Waals surface area contributed by atoms with E-state index in [4.69, 9.17) is 5.73 Å². The average Bonchev–Trinajstić information content (AvgIpc) is 2.18. The van der Waals surface area contributed by atoms with Crippen LogP contribution in [0.25, 0.3) is 0 Å². The van der Waals surface area contributed by atoms with Gasteiger partial charge in [-0.1, -0.05) is 6.07 Å². The van der Waals surface area contributed by atoms with Crippen LogP contribution in [-0.2, 0) is 12.0 Å². The lowest BCUT2D eigenvalue weighted by atomic mass is 9.79. The number of aliphatic hydroxyl groups is 1. The molecule has 0 saturated carbocycles. The van der Waals surface area contributed by atoms with Crippen LogP contribution >= 0.6 is 0 Å². The summed E-state index contributed by atoms with van der Waals surface area (Å²) in [6.07, 6.45) is 2.54. The first-order valence-electron chi connectivity index (χ1n) is 4.90. The maximum Gasteiger partial charge on any atom is 0.115 e. The molecule has 0 fully saturated rings. The van der Waals surface area contributed by atoms with E-state index in [1.807, 2.05) is 0 Å². The molecule has 0 aromatic heterocycles. The summed E-state index contributed by atoms with van der Waals surface area (Å²) in [4.78, 5) is 0. The molecule has 0 aliphatic heterocycles. The van der Waals surface area contributed by atoms with Gasteiger partial charge in [0.15, 0.2) is 0 Å². The van der Waals surface area contributed by atoms with E-state index < -0.39 is 5.60 Å². The minimum Gasteiger partial charge on any atom is -0.508 e. The van der Waals surface area contributed by atoms with Gasteiger partial charge in [0, 0.05) is 6.54 Å². The fourth-order valence-electron chi connectivity index (χ4n) is 2.16. The zero-order chi connectivity index (χ0) is 10.2. The van der Waals surface area contributed by atoms with Gasteiger partial charge < -0.3 is 15.9 Å².